The maximum absolute atomic E-state index is 11.7. The van der Waals surface area contributed by atoms with Crippen molar-refractivity contribution < 1.29 is 18.3 Å². The first-order valence-corrected chi connectivity index (χ1v) is 6.86. The lowest BCUT2D eigenvalue weighted by Gasteiger charge is -2.20. The molecule has 1 rings (SSSR count). The Labute approximate surface area is 95.8 Å². The highest BCUT2D eigenvalue weighted by molar-refractivity contribution is 7.87. The predicted octanol–water partition coefficient (Wildman–Crippen LogP) is 0.0274. The summed E-state index contributed by atoms with van der Waals surface area (Å²) in [4.78, 5) is 10.3. The smallest absolute Gasteiger partial charge is 0.304 e. The normalized spacial score (nSPS) is 16.6. The Kier molecular flexibility index (Phi) is 4.69. The number of nitrogens with zero attached hydrogens (tertiary/aromatic N) is 1. The molecule has 1 aliphatic rings. The Bertz CT molecular complexity index is 337. The number of hydrogen-bond donors (Lipinski definition) is 2. The molecule has 0 unspecified atom stereocenters. The molecule has 0 aromatic rings. The van der Waals surface area contributed by atoms with E-state index in [4.69, 9.17) is 5.11 Å². The van der Waals surface area contributed by atoms with Gasteiger partial charge in [-0.05, 0) is 18.8 Å². The van der Waals surface area contributed by atoms with Gasteiger partial charge in [0.1, 0.15) is 0 Å². The third kappa shape index (κ3) is 4.46. The van der Waals surface area contributed by atoms with Gasteiger partial charge in [-0.15, -0.1) is 0 Å². The topological polar surface area (TPSA) is 86.7 Å². The summed E-state index contributed by atoms with van der Waals surface area (Å²) in [5.74, 6) is -0.524. The number of carboxylic acid groups (broad SMARTS) is 1. The molecule has 1 fully saturated rings. The van der Waals surface area contributed by atoms with E-state index in [1.54, 1.807) is 6.92 Å². The summed E-state index contributed by atoms with van der Waals surface area (Å²) in [6.07, 6.45) is 1.97. The zero-order valence-corrected chi connectivity index (χ0v) is 10.2. The van der Waals surface area contributed by atoms with Gasteiger partial charge in [0, 0.05) is 19.6 Å². The van der Waals surface area contributed by atoms with E-state index < -0.39 is 16.2 Å². The van der Waals surface area contributed by atoms with Gasteiger partial charge in [-0.2, -0.15) is 12.7 Å². The second kappa shape index (κ2) is 5.60. The van der Waals surface area contributed by atoms with Crippen LogP contribution in [-0.2, 0) is 15.0 Å². The summed E-state index contributed by atoms with van der Waals surface area (Å²) in [5, 5.41) is 8.41. The Morgan fingerprint density at radius 3 is 2.56 bits per heavy atom. The van der Waals surface area contributed by atoms with Crippen LogP contribution in [0.4, 0.5) is 0 Å². The van der Waals surface area contributed by atoms with Gasteiger partial charge in [0.15, 0.2) is 0 Å². The van der Waals surface area contributed by atoms with Gasteiger partial charge in [-0.1, -0.05) is 6.92 Å². The van der Waals surface area contributed by atoms with Crippen molar-refractivity contribution in [3.8, 4) is 0 Å². The van der Waals surface area contributed by atoms with Crippen LogP contribution in [0.5, 0.6) is 0 Å². The largest absolute Gasteiger partial charge is 0.481 e. The summed E-state index contributed by atoms with van der Waals surface area (Å²) in [5.41, 5.74) is 0. The van der Waals surface area contributed by atoms with E-state index in [1.807, 2.05) is 0 Å². The highest BCUT2D eigenvalue weighted by Gasteiger charge is 2.29. The van der Waals surface area contributed by atoms with Crippen LogP contribution in [0.15, 0.2) is 0 Å². The molecule has 6 nitrogen and oxygen atoms in total. The second-order valence-corrected chi connectivity index (χ2v) is 5.69. The van der Waals surface area contributed by atoms with Crippen LogP contribution in [0.2, 0.25) is 0 Å². The first-order chi connectivity index (χ1) is 7.45. The fraction of sp³-hybridized carbons (Fsp3) is 0.889. The minimum atomic E-state index is -3.50. The lowest BCUT2D eigenvalue weighted by atomic mass is 10.4. The van der Waals surface area contributed by atoms with Crippen LogP contribution in [0.25, 0.3) is 0 Å². The van der Waals surface area contributed by atoms with Crippen LogP contribution >= 0.6 is 0 Å². The van der Waals surface area contributed by atoms with Crippen molar-refractivity contribution in [3.05, 3.63) is 0 Å². The average molecular weight is 250 g/mol. The fourth-order valence-electron chi connectivity index (χ4n) is 1.36. The number of hydrogen-bond acceptors (Lipinski definition) is 3. The summed E-state index contributed by atoms with van der Waals surface area (Å²) in [6.45, 7) is 2.68. The predicted molar refractivity (Wildman–Crippen MR) is 59.1 cm³/mol. The number of nitrogens with one attached hydrogen (secondary N) is 1. The number of carboxylic acids is 1. The van der Waals surface area contributed by atoms with Crippen LogP contribution in [0.3, 0.4) is 0 Å². The van der Waals surface area contributed by atoms with Gasteiger partial charge >= 0.3 is 5.97 Å². The highest BCUT2D eigenvalue weighted by atomic mass is 32.2. The second-order valence-electron chi connectivity index (χ2n) is 3.94. The van der Waals surface area contributed by atoms with Gasteiger partial charge in [0.05, 0.1) is 6.42 Å². The van der Waals surface area contributed by atoms with E-state index in [2.05, 4.69) is 4.72 Å². The molecule has 0 spiro atoms. The van der Waals surface area contributed by atoms with Crippen molar-refractivity contribution in [2.75, 3.05) is 19.6 Å². The molecular formula is C9H18N2O4S. The van der Waals surface area contributed by atoms with E-state index >= 15 is 0 Å². The minimum absolute atomic E-state index is 0.0567. The Hall–Kier alpha value is -0.660. The quantitative estimate of drug-likeness (QED) is 0.636. The van der Waals surface area contributed by atoms with Gasteiger partial charge < -0.3 is 5.11 Å². The van der Waals surface area contributed by atoms with Gasteiger partial charge in [0.25, 0.3) is 10.2 Å². The van der Waals surface area contributed by atoms with Crippen LogP contribution < -0.4 is 4.72 Å². The van der Waals surface area contributed by atoms with Crippen molar-refractivity contribution >= 4 is 16.2 Å². The van der Waals surface area contributed by atoms with E-state index in [0.717, 1.165) is 12.8 Å². The molecule has 2 N–H and O–H groups in total. The molecule has 0 saturated heterocycles. The minimum Gasteiger partial charge on any atom is -0.481 e. The van der Waals surface area contributed by atoms with Gasteiger partial charge in [0.2, 0.25) is 0 Å². The summed E-state index contributed by atoms with van der Waals surface area (Å²) in [7, 11) is -3.50. The molecule has 0 aromatic carbocycles. The van der Waals surface area contributed by atoms with Gasteiger partial charge in [-0.25, -0.2) is 4.72 Å². The van der Waals surface area contributed by atoms with Crippen LogP contribution in [-0.4, -0.2) is 43.4 Å². The summed E-state index contributed by atoms with van der Waals surface area (Å²) in [6, 6.07) is 0. The van der Waals surface area contributed by atoms with Crippen LogP contribution in [0, 0.1) is 5.92 Å². The van der Waals surface area contributed by atoms with Crippen molar-refractivity contribution in [2.24, 2.45) is 5.92 Å². The number of aliphatic carboxylic acids is 1. The van der Waals surface area contributed by atoms with Crippen molar-refractivity contribution in [3.63, 3.8) is 0 Å². The number of carbonyl (C=O) groups is 1. The zero-order chi connectivity index (χ0) is 12.2. The lowest BCUT2D eigenvalue weighted by Crippen LogP contribution is -2.42. The molecule has 0 aromatic heterocycles. The molecular weight excluding hydrogens is 232 g/mol. The molecule has 7 heteroatoms. The maximum Gasteiger partial charge on any atom is 0.304 e. The molecule has 0 amide bonds. The van der Waals surface area contributed by atoms with Crippen molar-refractivity contribution in [1.82, 2.24) is 9.03 Å². The van der Waals surface area contributed by atoms with Gasteiger partial charge in [-0.3, -0.25) is 4.79 Å². The molecule has 0 heterocycles. The van der Waals surface area contributed by atoms with E-state index in [9.17, 15) is 13.2 Å². The maximum atomic E-state index is 11.7. The molecule has 16 heavy (non-hydrogen) atoms. The molecule has 94 valence electrons. The Morgan fingerprint density at radius 2 is 2.12 bits per heavy atom. The molecule has 0 atom stereocenters. The average Bonchev–Trinajstić information content (AvgIpc) is 2.96. The summed E-state index contributed by atoms with van der Waals surface area (Å²) >= 11 is 0. The Balaban J connectivity index is 2.42. The molecule has 1 saturated carbocycles. The molecule has 0 radical (unpaired) electrons. The third-order valence-electron chi connectivity index (χ3n) is 2.47. The van der Waals surface area contributed by atoms with E-state index in [-0.39, 0.29) is 13.0 Å². The van der Waals surface area contributed by atoms with Crippen molar-refractivity contribution in [1.29, 1.82) is 0 Å². The fourth-order valence-corrected chi connectivity index (χ4v) is 2.65. The number of rotatable bonds is 8. The lowest BCUT2D eigenvalue weighted by molar-refractivity contribution is -0.136. The van der Waals surface area contributed by atoms with E-state index in [1.165, 1.54) is 4.31 Å². The molecule has 0 aliphatic heterocycles. The van der Waals surface area contributed by atoms with Crippen LogP contribution in [0.1, 0.15) is 26.2 Å². The SMILES string of the molecule is CCN(CC1CC1)S(=O)(=O)NCCC(=O)O. The first-order valence-electron chi connectivity index (χ1n) is 5.42. The highest BCUT2D eigenvalue weighted by Crippen LogP contribution is 2.30. The van der Waals surface area contributed by atoms with E-state index in [0.29, 0.717) is 19.0 Å². The Morgan fingerprint density at radius 1 is 1.50 bits per heavy atom. The first kappa shape index (κ1) is 13.4. The monoisotopic (exact) mass is 250 g/mol. The summed E-state index contributed by atoms with van der Waals surface area (Å²) < 4.78 is 27.1. The molecule has 0 bridgehead atoms. The third-order valence-corrected chi connectivity index (χ3v) is 4.13. The standard InChI is InChI=1S/C9H18N2O4S/c1-2-11(7-8-3-4-8)16(14,15)10-6-5-9(12)13/h8,10H,2-7H2,1H3,(H,12,13). The molecule has 1 aliphatic carbocycles. The zero-order valence-electron chi connectivity index (χ0n) is 9.35. The van der Waals surface area contributed by atoms with Crippen molar-refractivity contribution in [2.45, 2.75) is 26.2 Å².